The summed E-state index contributed by atoms with van der Waals surface area (Å²) in [5, 5.41) is 25.6. The Hall–Kier alpha value is -2.67. The highest BCUT2D eigenvalue weighted by Crippen LogP contribution is 2.20. The number of halogens is 1. The molecule has 0 aliphatic heterocycles. The molecule has 0 unspecified atom stereocenters. The van der Waals surface area contributed by atoms with E-state index in [1.807, 2.05) is 0 Å². The molecule has 0 aliphatic carbocycles. The van der Waals surface area contributed by atoms with E-state index in [0.29, 0.717) is 11.3 Å². The van der Waals surface area contributed by atoms with Crippen LogP contribution in [0.2, 0.25) is 0 Å². The van der Waals surface area contributed by atoms with Crippen molar-refractivity contribution in [3.05, 3.63) is 53.8 Å². The average molecular weight is 305 g/mol. The number of hydrogen-bond donors (Lipinski definition) is 4. The zero-order valence-corrected chi connectivity index (χ0v) is 11.6. The Morgan fingerprint density at radius 1 is 1.14 bits per heavy atom. The lowest BCUT2D eigenvalue weighted by molar-refractivity contribution is 0.450. The third kappa shape index (κ3) is 4.43. The van der Waals surface area contributed by atoms with Crippen molar-refractivity contribution >= 4 is 29.2 Å². The predicted molar refractivity (Wildman–Crippen MR) is 83.1 cm³/mol. The fourth-order valence-electron chi connectivity index (χ4n) is 1.49. The van der Waals surface area contributed by atoms with Crippen LogP contribution in [0.1, 0.15) is 5.56 Å². The van der Waals surface area contributed by atoms with Gasteiger partial charge in [-0.05, 0) is 48.6 Å². The Labute approximate surface area is 125 Å². The second-order valence-corrected chi connectivity index (χ2v) is 4.48. The van der Waals surface area contributed by atoms with Crippen LogP contribution in [0.4, 0.5) is 10.1 Å². The smallest absolute Gasteiger partial charge is 0.191 e. The summed E-state index contributed by atoms with van der Waals surface area (Å²) in [5.74, 6) is -0.468. The highest BCUT2D eigenvalue weighted by Gasteiger charge is 2.00. The van der Waals surface area contributed by atoms with Gasteiger partial charge < -0.3 is 15.5 Å². The number of phenolic OH excluding ortho intramolecular Hbond substituents is 2. The average Bonchev–Trinajstić information content (AvgIpc) is 2.44. The Bertz CT molecular complexity index is 674. The number of nitrogens with zero attached hydrogens (tertiary/aromatic N) is 1. The van der Waals surface area contributed by atoms with Crippen LogP contribution in [0.25, 0.3) is 0 Å². The van der Waals surface area contributed by atoms with Crippen LogP contribution in [0, 0.1) is 5.82 Å². The normalized spacial score (nSPS) is 10.5. The highest BCUT2D eigenvalue weighted by atomic mass is 32.1. The van der Waals surface area contributed by atoms with Gasteiger partial charge in [0.15, 0.2) is 5.11 Å². The van der Waals surface area contributed by atoms with Crippen LogP contribution in [-0.2, 0) is 0 Å². The van der Waals surface area contributed by atoms with Crippen molar-refractivity contribution < 1.29 is 14.6 Å². The summed E-state index contributed by atoms with van der Waals surface area (Å²) >= 11 is 5.01. The van der Waals surface area contributed by atoms with Crippen molar-refractivity contribution in [3.8, 4) is 11.5 Å². The third-order valence-electron chi connectivity index (χ3n) is 2.49. The van der Waals surface area contributed by atoms with Crippen LogP contribution in [0.3, 0.4) is 0 Å². The van der Waals surface area contributed by atoms with Gasteiger partial charge in [0, 0.05) is 17.3 Å². The molecule has 0 aromatic heterocycles. The van der Waals surface area contributed by atoms with Gasteiger partial charge in [-0.2, -0.15) is 5.10 Å². The summed E-state index contributed by atoms with van der Waals surface area (Å²) in [6, 6.07) is 9.84. The molecule has 0 atom stereocenters. The molecule has 108 valence electrons. The van der Waals surface area contributed by atoms with E-state index in [-0.39, 0.29) is 22.4 Å². The molecule has 2 rings (SSSR count). The van der Waals surface area contributed by atoms with Crippen molar-refractivity contribution in [1.82, 2.24) is 5.43 Å². The predicted octanol–water partition coefficient (Wildman–Crippen LogP) is 2.56. The number of hydrogen-bond acceptors (Lipinski definition) is 4. The van der Waals surface area contributed by atoms with Gasteiger partial charge in [-0.3, -0.25) is 5.43 Å². The van der Waals surface area contributed by atoms with Crippen molar-refractivity contribution in [2.24, 2.45) is 5.10 Å². The maximum atomic E-state index is 12.7. The minimum Gasteiger partial charge on any atom is -0.508 e. The molecular weight excluding hydrogens is 293 g/mol. The largest absolute Gasteiger partial charge is 0.508 e. The maximum Gasteiger partial charge on any atom is 0.191 e. The Morgan fingerprint density at radius 2 is 1.86 bits per heavy atom. The molecule has 2 aromatic rings. The van der Waals surface area contributed by atoms with Gasteiger partial charge in [-0.25, -0.2) is 4.39 Å². The van der Waals surface area contributed by atoms with E-state index in [9.17, 15) is 9.50 Å². The summed E-state index contributed by atoms with van der Waals surface area (Å²) in [4.78, 5) is 0. The van der Waals surface area contributed by atoms with Crippen LogP contribution in [-0.4, -0.2) is 21.5 Å². The van der Waals surface area contributed by atoms with Crippen molar-refractivity contribution in [2.45, 2.75) is 0 Å². The molecular formula is C14H12FN3O2S. The van der Waals surface area contributed by atoms with Crippen molar-refractivity contribution in [3.63, 3.8) is 0 Å². The molecule has 0 heterocycles. The quantitative estimate of drug-likeness (QED) is 0.398. The zero-order chi connectivity index (χ0) is 15.2. The lowest BCUT2D eigenvalue weighted by atomic mass is 10.2. The number of thiocarbonyl (C=S) groups is 1. The minimum atomic E-state index is -0.333. The van der Waals surface area contributed by atoms with Crippen LogP contribution >= 0.6 is 12.2 Å². The van der Waals surface area contributed by atoms with Gasteiger partial charge in [-0.15, -0.1) is 0 Å². The number of rotatable bonds is 3. The monoisotopic (exact) mass is 305 g/mol. The lowest BCUT2D eigenvalue weighted by Crippen LogP contribution is -2.23. The number of phenols is 2. The second kappa shape index (κ2) is 6.67. The number of benzene rings is 2. The first-order valence-corrected chi connectivity index (χ1v) is 6.33. The number of anilines is 1. The summed E-state index contributed by atoms with van der Waals surface area (Å²) in [5.41, 5.74) is 3.60. The lowest BCUT2D eigenvalue weighted by Gasteiger charge is -2.06. The van der Waals surface area contributed by atoms with Crippen molar-refractivity contribution in [2.75, 3.05) is 5.32 Å². The van der Waals surface area contributed by atoms with Gasteiger partial charge >= 0.3 is 0 Å². The first-order chi connectivity index (χ1) is 10.0. The third-order valence-corrected chi connectivity index (χ3v) is 2.68. The molecule has 0 aliphatic rings. The van der Waals surface area contributed by atoms with Gasteiger partial charge in [0.1, 0.15) is 17.3 Å². The van der Waals surface area contributed by atoms with Crippen LogP contribution in [0.15, 0.2) is 47.6 Å². The number of hydrazone groups is 1. The molecule has 0 spiro atoms. The molecule has 0 amide bonds. The van der Waals surface area contributed by atoms with E-state index in [4.69, 9.17) is 17.3 Å². The Morgan fingerprint density at radius 3 is 2.52 bits per heavy atom. The fraction of sp³-hybridized carbons (Fsp3) is 0. The number of aromatic hydroxyl groups is 2. The fourth-order valence-corrected chi connectivity index (χ4v) is 1.66. The van der Waals surface area contributed by atoms with E-state index < -0.39 is 0 Å². The first-order valence-electron chi connectivity index (χ1n) is 5.92. The molecule has 0 saturated carbocycles. The van der Waals surface area contributed by atoms with E-state index in [2.05, 4.69) is 15.8 Å². The summed E-state index contributed by atoms with van der Waals surface area (Å²) in [6.07, 6.45) is 1.35. The van der Waals surface area contributed by atoms with Gasteiger partial charge in [0.05, 0.1) is 6.21 Å². The molecule has 7 heteroatoms. The summed E-state index contributed by atoms with van der Waals surface area (Å²) < 4.78 is 12.7. The maximum absolute atomic E-state index is 12.7. The standard InChI is InChI=1S/C14H12FN3O2S/c15-10-2-4-11(5-3-10)17-14(21)18-16-8-9-1-6-12(19)7-13(9)20/h1-8,19-20H,(H2,17,18,21)/b16-8-. The molecule has 4 N–H and O–H groups in total. The molecule has 0 saturated heterocycles. The molecule has 0 fully saturated rings. The van der Waals surface area contributed by atoms with E-state index in [0.717, 1.165) is 0 Å². The van der Waals surface area contributed by atoms with Gasteiger partial charge in [-0.1, -0.05) is 0 Å². The highest BCUT2D eigenvalue weighted by molar-refractivity contribution is 7.80. The SMILES string of the molecule is Oc1ccc(/C=N\NC(=S)Nc2ccc(F)cc2)c(O)c1. The number of nitrogens with one attached hydrogen (secondary N) is 2. The van der Waals surface area contributed by atoms with E-state index in [1.165, 1.54) is 36.5 Å². The van der Waals surface area contributed by atoms with Crippen molar-refractivity contribution in [1.29, 1.82) is 0 Å². The van der Waals surface area contributed by atoms with Gasteiger partial charge in [0.25, 0.3) is 0 Å². The topological polar surface area (TPSA) is 76.9 Å². The van der Waals surface area contributed by atoms with Gasteiger partial charge in [0.2, 0.25) is 0 Å². The van der Waals surface area contributed by atoms with Crippen LogP contribution in [0.5, 0.6) is 11.5 Å². The Kier molecular flexibility index (Phi) is 4.68. The molecule has 21 heavy (non-hydrogen) atoms. The minimum absolute atomic E-state index is 0.0360. The van der Waals surface area contributed by atoms with E-state index >= 15 is 0 Å². The molecule has 0 radical (unpaired) electrons. The Balaban J connectivity index is 1.91. The van der Waals surface area contributed by atoms with Crippen LogP contribution < -0.4 is 10.7 Å². The molecule has 0 bridgehead atoms. The molecule has 2 aromatic carbocycles. The summed E-state index contributed by atoms with van der Waals surface area (Å²) in [7, 11) is 0. The molecule has 5 nitrogen and oxygen atoms in total. The summed E-state index contributed by atoms with van der Waals surface area (Å²) in [6.45, 7) is 0. The zero-order valence-electron chi connectivity index (χ0n) is 10.7. The van der Waals surface area contributed by atoms with E-state index in [1.54, 1.807) is 12.1 Å². The second-order valence-electron chi connectivity index (χ2n) is 4.07. The first kappa shape index (κ1) is 14.7.